The van der Waals surface area contributed by atoms with E-state index in [9.17, 15) is 0 Å². The van der Waals surface area contributed by atoms with E-state index in [0.29, 0.717) is 12.5 Å². The van der Waals surface area contributed by atoms with Gasteiger partial charge in [0.15, 0.2) is 5.96 Å². The van der Waals surface area contributed by atoms with Gasteiger partial charge in [-0.15, -0.1) is 0 Å². The molecule has 1 aliphatic rings. The summed E-state index contributed by atoms with van der Waals surface area (Å²) in [5, 5.41) is 3.08. The van der Waals surface area contributed by atoms with Crippen molar-refractivity contribution in [2.24, 2.45) is 10.7 Å². The van der Waals surface area contributed by atoms with E-state index in [4.69, 9.17) is 18.4 Å². The fraction of sp³-hybridized carbons (Fsp3) is 0.750. The smallest absolute Gasteiger partial charge is 0.188 e. The SMILES string of the molecule is NC1=NCC([S])CN1. The van der Waals surface area contributed by atoms with Crippen molar-refractivity contribution in [3.63, 3.8) is 0 Å². The quantitative estimate of drug-likeness (QED) is 0.463. The second-order valence-corrected chi connectivity index (χ2v) is 2.40. The molecule has 0 saturated carbocycles. The Morgan fingerprint density at radius 3 is 3.00 bits per heavy atom. The lowest BCUT2D eigenvalue weighted by molar-refractivity contribution is 0.755. The highest BCUT2D eigenvalue weighted by molar-refractivity contribution is 7.81. The fourth-order valence-corrected chi connectivity index (χ4v) is 0.697. The Hall–Kier alpha value is -0.380. The molecule has 0 spiro atoms. The number of rotatable bonds is 0. The van der Waals surface area contributed by atoms with E-state index in [1.807, 2.05) is 0 Å². The molecule has 0 bridgehead atoms. The molecule has 1 atom stereocenters. The molecule has 0 amide bonds. The Kier molecular flexibility index (Phi) is 1.62. The fourth-order valence-electron chi connectivity index (χ4n) is 0.539. The van der Waals surface area contributed by atoms with Gasteiger partial charge in [0.05, 0.1) is 11.8 Å². The summed E-state index contributed by atoms with van der Waals surface area (Å²) in [6, 6.07) is 0. The third-order valence-corrected chi connectivity index (χ3v) is 1.29. The first kappa shape index (κ1) is 5.75. The van der Waals surface area contributed by atoms with Crippen LogP contribution in [0.3, 0.4) is 0 Å². The molecule has 0 aromatic carbocycles. The second kappa shape index (κ2) is 2.26. The van der Waals surface area contributed by atoms with Crippen molar-refractivity contribution >= 4 is 18.6 Å². The zero-order valence-electron chi connectivity index (χ0n) is 4.42. The van der Waals surface area contributed by atoms with E-state index in [1.54, 1.807) is 0 Å². The summed E-state index contributed by atoms with van der Waals surface area (Å²) in [6.45, 7) is 1.47. The zero-order valence-corrected chi connectivity index (χ0v) is 5.24. The number of guanidine groups is 1. The van der Waals surface area contributed by atoms with E-state index in [0.717, 1.165) is 6.54 Å². The van der Waals surface area contributed by atoms with Gasteiger partial charge in [0, 0.05) is 6.54 Å². The van der Waals surface area contributed by atoms with E-state index in [-0.39, 0.29) is 5.25 Å². The Balaban J connectivity index is 2.42. The largest absolute Gasteiger partial charge is 0.370 e. The summed E-state index contributed by atoms with van der Waals surface area (Å²) in [4.78, 5) is 3.89. The number of nitrogens with two attached hydrogens (primary N) is 1. The summed E-state index contributed by atoms with van der Waals surface area (Å²) in [7, 11) is 0. The summed E-state index contributed by atoms with van der Waals surface area (Å²) in [5.41, 5.74) is 5.29. The second-order valence-electron chi connectivity index (χ2n) is 1.73. The Morgan fingerprint density at radius 1 is 1.88 bits per heavy atom. The normalized spacial score (nSPS) is 28.6. The highest BCUT2D eigenvalue weighted by atomic mass is 32.1. The van der Waals surface area contributed by atoms with Crippen molar-refractivity contribution in [2.45, 2.75) is 5.25 Å². The van der Waals surface area contributed by atoms with Crippen LogP contribution in [0.25, 0.3) is 0 Å². The third kappa shape index (κ3) is 1.30. The van der Waals surface area contributed by atoms with Crippen LogP contribution in [0.4, 0.5) is 0 Å². The predicted octanol–water partition coefficient (Wildman–Crippen LogP) is -0.530. The summed E-state index contributed by atoms with van der Waals surface area (Å²) in [6.07, 6.45) is 0. The number of hydrogen-bond acceptors (Lipinski definition) is 3. The Labute approximate surface area is 53.8 Å². The molecule has 3 nitrogen and oxygen atoms in total. The lowest BCUT2D eigenvalue weighted by Crippen LogP contribution is -2.41. The summed E-state index contributed by atoms with van der Waals surface area (Å²) < 4.78 is 0. The van der Waals surface area contributed by atoms with Gasteiger partial charge in [-0.25, -0.2) is 0 Å². The highest BCUT2D eigenvalue weighted by Crippen LogP contribution is 1.96. The van der Waals surface area contributed by atoms with Gasteiger partial charge in [0.25, 0.3) is 0 Å². The minimum atomic E-state index is 0.224. The number of aliphatic imine (C=N–C) groups is 1. The molecule has 1 aliphatic heterocycles. The molecular weight excluding hydrogens is 122 g/mol. The van der Waals surface area contributed by atoms with Crippen LogP contribution in [0.15, 0.2) is 4.99 Å². The van der Waals surface area contributed by atoms with Crippen LogP contribution in [0.1, 0.15) is 0 Å². The molecule has 0 saturated heterocycles. The van der Waals surface area contributed by atoms with Crippen molar-refractivity contribution in [3.05, 3.63) is 0 Å². The van der Waals surface area contributed by atoms with Gasteiger partial charge in [-0.05, 0) is 0 Å². The molecule has 1 rings (SSSR count). The van der Waals surface area contributed by atoms with Crippen molar-refractivity contribution in [1.82, 2.24) is 5.32 Å². The monoisotopic (exact) mass is 130 g/mol. The molecule has 4 heteroatoms. The van der Waals surface area contributed by atoms with Crippen LogP contribution in [0.5, 0.6) is 0 Å². The minimum absolute atomic E-state index is 0.224. The molecule has 8 heavy (non-hydrogen) atoms. The lowest BCUT2D eigenvalue weighted by atomic mass is 10.4. The first-order valence-electron chi connectivity index (χ1n) is 2.48. The van der Waals surface area contributed by atoms with E-state index in [1.165, 1.54) is 0 Å². The van der Waals surface area contributed by atoms with Gasteiger partial charge in [0.2, 0.25) is 0 Å². The van der Waals surface area contributed by atoms with Crippen LogP contribution in [-0.2, 0) is 0 Å². The molecule has 45 valence electrons. The Bertz CT molecular complexity index is 112. The Morgan fingerprint density at radius 2 is 2.62 bits per heavy atom. The molecule has 0 aromatic heterocycles. The molecule has 0 fully saturated rings. The number of hydrogen-bond donors (Lipinski definition) is 2. The molecule has 1 radical (unpaired) electrons. The first-order valence-corrected chi connectivity index (χ1v) is 2.96. The van der Waals surface area contributed by atoms with Crippen molar-refractivity contribution in [1.29, 1.82) is 0 Å². The summed E-state index contributed by atoms with van der Waals surface area (Å²) >= 11 is 4.92. The van der Waals surface area contributed by atoms with Crippen molar-refractivity contribution in [3.8, 4) is 0 Å². The highest BCUT2D eigenvalue weighted by Gasteiger charge is 2.07. The first-order chi connectivity index (χ1) is 3.79. The van der Waals surface area contributed by atoms with Gasteiger partial charge in [-0.3, -0.25) is 4.99 Å². The predicted molar refractivity (Wildman–Crippen MR) is 35.9 cm³/mol. The maximum Gasteiger partial charge on any atom is 0.188 e. The average Bonchev–Trinajstić information content (AvgIpc) is 1.77. The van der Waals surface area contributed by atoms with E-state index in [2.05, 4.69) is 10.3 Å². The minimum Gasteiger partial charge on any atom is -0.370 e. The van der Waals surface area contributed by atoms with Crippen LogP contribution in [0.2, 0.25) is 0 Å². The van der Waals surface area contributed by atoms with Crippen LogP contribution in [0, 0.1) is 0 Å². The topological polar surface area (TPSA) is 50.4 Å². The number of nitrogens with zero attached hydrogens (tertiary/aromatic N) is 1. The van der Waals surface area contributed by atoms with Gasteiger partial charge < -0.3 is 11.1 Å². The van der Waals surface area contributed by atoms with Crippen LogP contribution >= 0.6 is 12.6 Å². The zero-order chi connectivity index (χ0) is 5.98. The van der Waals surface area contributed by atoms with Crippen LogP contribution in [-0.4, -0.2) is 24.3 Å². The third-order valence-electron chi connectivity index (χ3n) is 0.976. The van der Waals surface area contributed by atoms with E-state index < -0.39 is 0 Å². The molecule has 1 unspecified atom stereocenters. The maximum atomic E-state index is 5.29. The van der Waals surface area contributed by atoms with E-state index >= 15 is 0 Å². The number of nitrogens with one attached hydrogen (secondary N) is 1. The molecular formula is C4H8N3S. The van der Waals surface area contributed by atoms with Gasteiger partial charge in [0.1, 0.15) is 0 Å². The van der Waals surface area contributed by atoms with Gasteiger partial charge >= 0.3 is 0 Å². The molecule has 0 aromatic rings. The standard InChI is InChI=1S/C4H8N3S/c5-4-6-1-3(8)2-7-4/h3H,1-2H2,(H3,5,6,7). The molecule has 0 aliphatic carbocycles. The summed E-state index contributed by atoms with van der Waals surface area (Å²) in [5.74, 6) is 0.520. The average molecular weight is 130 g/mol. The van der Waals surface area contributed by atoms with Gasteiger partial charge in [-0.1, -0.05) is 12.6 Å². The van der Waals surface area contributed by atoms with Crippen molar-refractivity contribution < 1.29 is 0 Å². The lowest BCUT2D eigenvalue weighted by Gasteiger charge is -2.14. The van der Waals surface area contributed by atoms with Gasteiger partial charge in [-0.2, -0.15) is 0 Å². The van der Waals surface area contributed by atoms with Crippen LogP contribution < -0.4 is 11.1 Å². The molecule has 3 N–H and O–H groups in total. The van der Waals surface area contributed by atoms with Crippen molar-refractivity contribution in [2.75, 3.05) is 13.1 Å². The maximum absolute atomic E-state index is 5.29. The molecule has 1 heterocycles.